The number of anilines is 2. The third-order valence-corrected chi connectivity index (χ3v) is 2.33. The molecule has 0 aliphatic carbocycles. The quantitative estimate of drug-likeness (QED) is 0.628. The predicted octanol–water partition coefficient (Wildman–Crippen LogP) is 2.05. The first-order chi connectivity index (χ1) is 8.02. The number of ether oxygens (including phenoxy) is 1. The van der Waals surface area contributed by atoms with Crippen molar-refractivity contribution in [1.29, 1.82) is 0 Å². The lowest BCUT2D eigenvalue weighted by Gasteiger charge is -2.22. The fraction of sp³-hybridized carbons (Fsp3) is 0.462. The normalized spacial score (nSPS) is 10.4. The second-order valence-electron chi connectivity index (χ2n) is 4.14. The number of nitrogens with zero attached hydrogens (tertiary/aromatic N) is 1. The summed E-state index contributed by atoms with van der Waals surface area (Å²) in [6.07, 6.45) is -0.0763. The number of rotatable bonds is 5. The van der Waals surface area contributed by atoms with Crippen LogP contribution >= 0.6 is 0 Å². The summed E-state index contributed by atoms with van der Waals surface area (Å²) < 4.78 is 5.12. The molecule has 0 radical (unpaired) electrons. The van der Waals surface area contributed by atoms with Gasteiger partial charge in [-0.1, -0.05) is 0 Å². The van der Waals surface area contributed by atoms with Crippen LogP contribution in [0, 0.1) is 0 Å². The molecule has 0 aromatic heterocycles. The SMILES string of the molecule is CCN(CC(=O)OC(C)C)c1ccc(N)cc1. The summed E-state index contributed by atoms with van der Waals surface area (Å²) in [4.78, 5) is 13.5. The van der Waals surface area contributed by atoms with Gasteiger partial charge in [-0.3, -0.25) is 4.79 Å². The van der Waals surface area contributed by atoms with Gasteiger partial charge in [0, 0.05) is 17.9 Å². The lowest BCUT2D eigenvalue weighted by molar-refractivity contribution is -0.145. The van der Waals surface area contributed by atoms with E-state index < -0.39 is 0 Å². The van der Waals surface area contributed by atoms with Crippen LogP contribution in [0.25, 0.3) is 0 Å². The zero-order valence-electron chi connectivity index (χ0n) is 10.6. The topological polar surface area (TPSA) is 55.6 Å². The standard InChI is InChI=1S/C13H20N2O2/c1-4-15(9-13(16)17-10(2)3)12-7-5-11(14)6-8-12/h5-8,10H,4,9,14H2,1-3H3. The van der Waals surface area contributed by atoms with Gasteiger partial charge >= 0.3 is 5.97 Å². The molecule has 17 heavy (non-hydrogen) atoms. The molecule has 2 N–H and O–H groups in total. The lowest BCUT2D eigenvalue weighted by atomic mass is 10.2. The minimum Gasteiger partial charge on any atom is -0.462 e. The van der Waals surface area contributed by atoms with Crippen LogP contribution in [0.1, 0.15) is 20.8 Å². The minimum absolute atomic E-state index is 0.0763. The number of nitrogen functional groups attached to an aromatic ring is 1. The Bertz CT molecular complexity index is 360. The van der Waals surface area contributed by atoms with Gasteiger partial charge in [0.1, 0.15) is 6.54 Å². The van der Waals surface area contributed by atoms with E-state index >= 15 is 0 Å². The Morgan fingerprint density at radius 1 is 1.35 bits per heavy atom. The number of likely N-dealkylation sites (N-methyl/N-ethyl adjacent to an activating group) is 1. The Hall–Kier alpha value is -1.71. The van der Waals surface area contributed by atoms with Gasteiger partial charge in [-0.2, -0.15) is 0 Å². The third kappa shape index (κ3) is 4.34. The van der Waals surface area contributed by atoms with Crippen molar-refractivity contribution in [2.75, 3.05) is 23.7 Å². The summed E-state index contributed by atoms with van der Waals surface area (Å²) in [6, 6.07) is 7.46. The average molecular weight is 236 g/mol. The molecule has 0 aliphatic rings. The Morgan fingerprint density at radius 2 is 1.94 bits per heavy atom. The van der Waals surface area contributed by atoms with Crippen molar-refractivity contribution >= 4 is 17.3 Å². The lowest BCUT2D eigenvalue weighted by Crippen LogP contribution is -2.31. The maximum Gasteiger partial charge on any atom is 0.325 e. The monoisotopic (exact) mass is 236 g/mol. The van der Waals surface area contributed by atoms with Crippen LogP contribution < -0.4 is 10.6 Å². The van der Waals surface area contributed by atoms with Crippen molar-refractivity contribution in [2.45, 2.75) is 26.9 Å². The summed E-state index contributed by atoms with van der Waals surface area (Å²) in [5.74, 6) is -0.210. The zero-order valence-corrected chi connectivity index (χ0v) is 10.6. The molecular weight excluding hydrogens is 216 g/mol. The molecule has 1 aromatic carbocycles. The molecular formula is C13H20N2O2. The van der Waals surface area contributed by atoms with E-state index in [1.807, 2.05) is 49.9 Å². The van der Waals surface area contributed by atoms with Gasteiger partial charge in [0.15, 0.2) is 0 Å². The molecule has 0 saturated carbocycles. The first-order valence-corrected chi connectivity index (χ1v) is 5.83. The highest BCUT2D eigenvalue weighted by Gasteiger charge is 2.12. The number of hydrogen-bond acceptors (Lipinski definition) is 4. The van der Waals surface area contributed by atoms with Gasteiger partial charge in [-0.25, -0.2) is 0 Å². The van der Waals surface area contributed by atoms with Crippen LogP contribution in [0.4, 0.5) is 11.4 Å². The van der Waals surface area contributed by atoms with Crippen molar-refractivity contribution in [3.8, 4) is 0 Å². The van der Waals surface area contributed by atoms with Crippen LogP contribution in [-0.2, 0) is 9.53 Å². The van der Waals surface area contributed by atoms with Gasteiger partial charge in [0.05, 0.1) is 6.10 Å². The van der Waals surface area contributed by atoms with E-state index in [0.29, 0.717) is 0 Å². The van der Waals surface area contributed by atoms with Gasteiger partial charge in [-0.05, 0) is 45.0 Å². The van der Waals surface area contributed by atoms with E-state index in [1.54, 1.807) is 0 Å². The first-order valence-electron chi connectivity index (χ1n) is 5.83. The highest BCUT2D eigenvalue weighted by atomic mass is 16.5. The van der Waals surface area contributed by atoms with Crippen molar-refractivity contribution < 1.29 is 9.53 Å². The smallest absolute Gasteiger partial charge is 0.325 e. The zero-order chi connectivity index (χ0) is 12.8. The molecule has 0 amide bonds. The molecule has 0 fully saturated rings. The highest BCUT2D eigenvalue weighted by molar-refractivity contribution is 5.76. The summed E-state index contributed by atoms with van der Waals surface area (Å²) in [5, 5.41) is 0. The molecule has 0 heterocycles. The third-order valence-electron chi connectivity index (χ3n) is 2.33. The van der Waals surface area contributed by atoms with Crippen LogP contribution in [0.2, 0.25) is 0 Å². The van der Waals surface area contributed by atoms with Crippen molar-refractivity contribution in [1.82, 2.24) is 0 Å². The number of carbonyl (C=O) groups is 1. The van der Waals surface area contributed by atoms with E-state index in [-0.39, 0.29) is 18.6 Å². The summed E-state index contributed by atoms with van der Waals surface area (Å²) in [6.45, 7) is 6.70. The largest absolute Gasteiger partial charge is 0.462 e. The molecule has 0 atom stereocenters. The molecule has 0 aliphatic heterocycles. The Morgan fingerprint density at radius 3 is 2.41 bits per heavy atom. The molecule has 94 valence electrons. The molecule has 0 saturated heterocycles. The van der Waals surface area contributed by atoms with Gasteiger partial charge in [0.25, 0.3) is 0 Å². The predicted molar refractivity (Wildman–Crippen MR) is 70.0 cm³/mol. The van der Waals surface area contributed by atoms with Crippen molar-refractivity contribution in [3.63, 3.8) is 0 Å². The van der Waals surface area contributed by atoms with Crippen molar-refractivity contribution in [2.24, 2.45) is 0 Å². The number of esters is 1. The number of carbonyl (C=O) groups excluding carboxylic acids is 1. The maximum absolute atomic E-state index is 11.6. The van der Waals surface area contributed by atoms with Gasteiger partial charge in [0.2, 0.25) is 0 Å². The summed E-state index contributed by atoms with van der Waals surface area (Å²) in [5.41, 5.74) is 7.32. The average Bonchev–Trinajstić information content (AvgIpc) is 2.26. The van der Waals surface area contributed by atoms with Crippen LogP contribution in [0.3, 0.4) is 0 Å². The molecule has 0 bridgehead atoms. The van der Waals surface area contributed by atoms with E-state index in [0.717, 1.165) is 17.9 Å². The fourth-order valence-corrected chi connectivity index (χ4v) is 1.53. The van der Waals surface area contributed by atoms with E-state index in [9.17, 15) is 4.79 Å². The first kappa shape index (κ1) is 13.4. The van der Waals surface area contributed by atoms with Gasteiger partial charge < -0.3 is 15.4 Å². The summed E-state index contributed by atoms with van der Waals surface area (Å²) in [7, 11) is 0. The number of benzene rings is 1. The number of nitrogens with two attached hydrogens (primary N) is 1. The Balaban J connectivity index is 2.65. The van der Waals surface area contributed by atoms with E-state index in [4.69, 9.17) is 10.5 Å². The second-order valence-corrected chi connectivity index (χ2v) is 4.14. The van der Waals surface area contributed by atoms with Crippen molar-refractivity contribution in [3.05, 3.63) is 24.3 Å². The second kappa shape index (κ2) is 6.13. The highest BCUT2D eigenvalue weighted by Crippen LogP contribution is 2.16. The molecule has 4 nitrogen and oxygen atoms in total. The molecule has 1 rings (SSSR count). The Kier molecular flexibility index (Phi) is 4.82. The summed E-state index contributed by atoms with van der Waals surface area (Å²) >= 11 is 0. The van der Waals surface area contributed by atoms with E-state index in [1.165, 1.54) is 0 Å². The van der Waals surface area contributed by atoms with Crippen LogP contribution in [0.5, 0.6) is 0 Å². The molecule has 1 aromatic rings. The van der Waals surface area contributed by atoms with Crippen LogP contribution in [-0.4, -0.2) is 25.2 Å². The molecule has 4 heteroatoms. The molecule has 0 unspecified atom stereocenters. The maximum atomic E-state index is 11.6. The van der Waals surface area contributed by atoms with E-state index in [2.05, 4.69) is 0 Å². The molecule has 0 spiro atoms. The minimum atomic E-state index is -0.210. The van der Waals surface area contributed by atoms with Gasteiger partial charge in [-0.15, -0.1) is 0 Å². The fourth-order valence-electron chi connectivity index (χ4n) is 1.53. The number of hydrogen-bond donors (Lipinski definition) is 1. The van der Waals surface area contributed by atoms with Crippen LogP contribution in [0.15, 0.2) is 24.3 Å². The Labute approximate surface area is 102 Å².